The quantitative estimate of drug-likeness (QED) is 0.180. The summed E-state index contributed by atoms with van der Waals surface area (Å²) in [6.45, 7) is 6.96. The summed E-state index contributed by atoms with van der Waals surface area (Å²) in [5.41, 5.74) is 12.9. The first-order valence-electron chi connectivity index (χ1n) is 12.6. The molecule has 1 aromatic heterocycles. The molecule has 208 valence electrons. The first-order valence-corrected chi connectivity index (χ1v) is 12.6. The smallest absolute Gasteiger partial charge is 0.326 e. The molecule has 1 heterocycles. The molecule has 9 N–H and O–H groups in total. The number of carboxylic acid groups (broad SMARTS) is 1. The van der Waals surface area contributed by atoms with Crippen molar-refractivity contribution < 1.29 is 29.1 Å². The highest BCUT2D eigenvalue weighted by atomic mass is 16.4. The fraction of sp³-hybridized carbons (Fsp3) is 0.500. The van der Waals surface area contributed by atoms with E-state index in [9.17, 15) is 29.1 Å². The van der Waals surface area contributed by atoms with Crippen molar-refractivity contribution in [3.8, 4) is 0 Å². The molecule has 0 aliphatic heterocycles. The maximum Gasteiger partial charge on any atom is 0.326 e. The van der Waals surface area contributed by atoms with Crippen molar-refractivity contribution in [2.24, 2.45) is 23.3 Å². The monoisotopic (exact) mass is 530 g/mol. The van der Waals surface area contributed by atoms with Crippen molar-refractivity contribution in [1.82, 2.24) is 20.9 Å². The number of para-hydroxylation sites is 1. The third-order valence-electron chi connectivity index (χ3n) is 6.57. The fourth-order valence-electron chi connectivity index (χ4n) is 3.92. The number of amides is 4. The molecule has 1 aromatic carbocycles. The lowest BCUT2D eigenvalue weighted by Gasteiger charge is -2.26. The van der Waals surface area contributed by atoms with Crippen LogP contribution in [0.5, 0.6) is 0 Å². The number of nitrogens with one attached hydrogen (secondary N) is 4. The summed E-state index contributed by atoms with van der Waals surface area (Å²) in [6.07, 6.45) is 1.68. The van der Waals surface area contributed by atoms with Crippen LogP contribution in [0.15, 0.2) is 30.5 Å². The van der Waals surface area contributed by atoms with Gasteiger partial charge in [-0.1, -0.05) is 52.3 Å². The van der Waals surface area contributed by atoms with Crippen LogP contribution in [0.3, 0.4) is 0 Å². The van der Waals surface area contributed by atoms with E-state index in [1.54, 1.807) is 33.9 Å². The summed E-state index contributed by atoms with van der Waals surface area (Å²) in [7, 11) is 0. The van der Waals surface area contributed by atoms with Crippen molar-refractivity contribution in [3.05, 3.63) is 36.0 Å². The Labute approximate surface area is 221 Å². The SMILES string of the molecule is CCC(C)C(NC(=O)C(CC(N)=O)NC(=O)C(Cc1c[nH]c2ccccc12)NC(=O)C(N)C(C)C)C(=O)O. The Morgan fingerprint density at radius 3 is 2.13 bits per heavy atom. The molecule has 5 unspecified atom stereocenters. The van der Waals surface area contributed by atoms with Gasteiger partial charge < -0.3 is 37.5 Å². The zero-order valence-corrected chi connectivity index (χ0v) is 22.1. The molecule has 2 rings (SSSR count). The van der Waals surface area contributed by atoms with E-state index in [0.29, 0.717) is 6.42 Å². The van der Waals surface area contributed by atoms with Crippen LogP contribution in [0.4, 0.5) is 0 Å². The van der Waals surface area contributed by atoms with Gasteiger partial charge in [-0.2, -0.15) is 0 Å². The van der Waals surface area contributed by atoms with Crippen LogP contribution < -0.4 is 27.4 Å². The van der Waals surface area contributed by atoms with Gasteiger partial charge in [0.25, 0.3) is 0 Å². The summed E-state index contributed by atoms with van der Waals surface area (Å²) in [4.78, 5) is 65.7. The number of aromatic amines is 1. The number of aromatic nitrogens is 1. The second-order valence-corrected chi connectivity index (χ2v) is 9.84. The number of carbonyl (C=O) groups is 5. The number of H-pyrrole nitrogens is 1. The highest BCUT2D eigenvalue weighted by Gasteiger charge is 2.33. The van der Waals surface area contributed by atoms with Gasteiger partial charge >= 0.3 is 5.97 Å². The number of carbonyl (C=O) groups excluding carboxylic acids is 4. The third-order valence-corrected chi connectivity index (χ3v) is 6.57. The molecule has 0 saturated heterocycles. The van der Waals surface area contributed by atoms with Crippen molar-refractivity contribution >= 4 is 40.5 Å². The van der Waals surface area contributed by atoms with Gasteiger partial charge in [0.1, 0.15) is 18.1 Å². The second kappa shape index (κ2) is 13.6. The van der Waals surface area contributed by atoms with Gasteiger partial charge in [0.2, 0.25) is 23.6 Å². The predicted molar refractivity (Wildman–Crippen MR) is 142 cm³/mol. The van der Waals surface area contributed by atoms with Crippen molar-refractivity contribution in [3.63, 3.8) is 0 Å². The maximum atomic E-state index is 13.4. The number of hydrogen-bond acceptors (Lipinski definition) is 6. The summed E-state index contributed by atoms with van der Waals surface area (Å²) in [5, 5.41) is 17.9. The number of nitrogens with two attached hydrogens (primary N) is 2. The molecular weight excluding hydrogens is 492 g/mol. The van der Waals surface area contributed by atoms with E-state index in [0.717, 1.165) is 16.5 Å². The Balaban J connectivity index is 2.33. The average Bonchev–Trinajstić information content (AvgIpc) is 3.27. The van der Waals surface area contributed by atoms with E-state index >= 15 is 0 Å². The number of primary amides is 1. The maximum absolute atomic E-state index is 13.4. The van der Waals surface area contributed by atoms with Crippen LogP contribution in [0.25, 0.3) is 10.9 Å². The van der Waals surface area contributed by atoms with Crippen LogP contribution >= 0.6 is 0 Å². The minimum Gasteiger partial charge on any atom is -0.480 e. The minimum atomic E-state index is -1.45. The zero-order chi connectivity index (χ0) is 28.6. The largest absolute Gasteiger partial charge is 0.480 e. The number of hydrogen-bond donors (Lipinski definition) is 7. The lowest BCUT2D eigenvalue weighted by molar-refractivity contribution is -0.144. The van der Waals surface area contributed by atoms with E-state index in [-0.39, 0.29) is 12.3 Å². The first kappa shape index (κ1) is 30.3. The van der Waals surface area contributed by atoms with Gasteiger partial charge in [0.05, 0.1) is 12.5 Å². The molecule has 0 bridgehead atoms. The van der Waals surface area contributed by atoms with Crippen LogP contribution in [-0.2, 0) is 30.4 Å². The van der Waals surface area contributed by atoms with Gasteiger partial charge in [0.15, 0.2) is 0 Å². The number of aliphatic carboxylic acids is 1. The van der Waals surface area contributed by atoms with Gasteiger partial charge in [-0.3, -0.25) is 19.2 Å². The zero-order valence-electron chi connectivity index (χ0n) is 22.1. The topological polar surface area (TPSA) is 209 Å². The number of carboxylic acids is 1. The third kappa shape index (κ3) is 8.04. The van der Waals surface area contributed by atoms with E-state index in [2.05, 4.69) is 20.9 Å². The molecule has 0 fully saturated rings. The van der Waals surface area contributed by atoms with Crippen LogP contribution in [-0.4, -0.2) is 63.9 Å². The Bertz CT molecular complexity index is 1160. The van der Waals surface area contributed by atoms with Gasteiger partial charge in [0, 0.05) is 23.5 Å². The molecule has 5 atom stereocenters. The Hall–Kier alpha value is -3.93. The Morgan fingerprint density at radius 2 is 1.55 bits per heavy atom. The molecular formula is C26H38N6O6. The van der Waals surface area contributed by atoms with E-state index in [1.165, 1.54) is 0 Å². The van der Waals surface area contributed by atoms with Crippen LogP contribution in [0.1, 0.15) is 46.1 Å². The van der Waals surface area contributed by atoms with Gasteiger partial charge in [-0.25, -0.2) is 4.79 Å². The summed E-state index contributed by atoms with van der Waals surface area (Å²) >= 11 is 0. The van der Waals surface area contributed by atoms with Gasteiger partial charge in [-0.15, -0.1) is 0 Å². The van der Waals surface area contributed by atoms with Crippen molar-refractivity contribution in [2.75, 3.05) is 0 Å². The normalized spacial score (nSPS) is 15.2. The van der Waals surface area contributed by atoms with E-state index in [1.807, 2.05) is 24.3 Å². The standard InChI is InChI=1S/C26H38N6O6/c1-5-14(4)22(26(37)38)32-24(35)19(11-20(27)33)30-23(34)18(31-25(36)21(28)13(2)3)10-15-12-29-17-9-7-6-8-16(15)17/h6-9,12-14,18-19,21-22,29H,5,10-11,28H2,1-4H3,(H2,27,33)(H,30,34)(H,31,36)(H,32,35)(H,37,38). The summed E-state index contributed by atoms with van der Waals surface area (Å²) in [6, 6.07) is 2.70. The van der Waals surface area contributed by atoms with Crippen molar-refractivity contribution in [2.45, 2.75) is 71.1 Å². The number of benzene rings is 1. The fourth-order valence-corrected chi connectivity index (χ4v) is 3.92. The second-order valence-electron chi connectivity index (χ2n) is 9.84. The molecule has 4 amide bonds. The Morgan fingerprint density at radius 1 is 0.947 bits per heavy atom. The number of fused-ring (bicyclic) bond motifs is 1. The summed E-state index contributed by atoms with van der Waals surface area (Å²) in [5.74, 6) is -4.92. The predicted octanol–water partition coefficient (Wildman–Crippen LogP) is 0.154. The molecule has 0 saturated carbocycles. The molecule has 0 radical (unpaired) electrons. The van der Waals surface area contributed by atoms with Gasteiger partial charge in [-0.05, 0) is 23.5 Å². The highest BCUT2D eigenvalue weighted by Crippen LogP contribution is 2.19. The molecule has 12 nitrogen and oxygen atoms in total. The molecule has 0 spiro atoms. The molecule has 0 aliphatic carbocycles. The lowest BCUT2D eigenvalue weighted by Crippen LogP contribution is -2.59. The minimum absolute atomic E-state index is 0.0575. The Kier molecular flexibility index (Phi) is 10.8. The van der Waals surface area contributed by atoms with E-state index < -0.39 is 66.1 Å². The van der Waals surface area contributed by atoms with Crippen LogP contribution in [0.2, 0.25) is 0 Å². The molecule has 0 aliphatic rings. The highest BCUT2D eigenvalue weighted by molar-refractivity contribution is 5.96. The molecule has 12 heteroatoms. The molecule has 2 aromatic rings. The summed E-state index contributed by atoms with van der Waals surface area (Å²) < 4.78 is 0. The average molecular weight is 531 g/mol. The molecule has 38 heavy (non-hydrogen) atoms. The van der Waals surface area contributed by atoms with E-state index in [4.69, 9.17) is 11.5 Å². The van der Waals surface area contributed by atoms with Crippen LogP contribution in [0, 0.1) is 11.8 Å². The van der Waals surface area contributed by atoms with Crippen molar-refractivity contribution in [1.29, 1.82) is 0 Å². The number of rotatable bonds is 14. The first-order chi connectivity index (χ1) is 17.8. The lowest BCUT2D eigenvalue weighted by atomic mass is 9.98.